The second-order valence-electron chi connectivity index (χ2n) is 7.48. The lowest BCUT2D eigenvalue weighted by molar-refractivity contribution is 0.586. The minimum absolute atomic E-state index is 0.153. The molecule has 1 heterocycles. The van der Waals surface area contributed by atoms with Gasteiger partial charge < -0.3 is 16.0 Å². The zero-order valence-corrected chi connectivity index (χ0v) is 18.2. The van der Waals surface area contributed by atoms with Gasteiger partial charge in [0.1, 0.15) is 5.82 Å². The quantitative estimate of drug-likeness (QED) is 0.543. The maximum absolute atomic E-state index is 12.7. The molecule has 2 aromatic rings. The molecule has 7 nitrogen and oxygen atoms in total. The predicted octanol–water partition coefficient (Wildman–Crippen LogP) is 2.85. The molecule has 158 valence electrons. The van der Waals surface area contributed by atoms with Gasteiger partial charge in [-0.3, -0.25) is 14.3 Å². The van der Waals surface area contributed by atoms with Crippen LogP contribution >= 0.6 is 12.2 Å². The average molecular weight is 418 g/mol. The molecule has 0 unspecified atom stereocenters. The highest BCUT2D eigenvalue weighted by Gasteiger charge is 2.22. The van der Waals surface area contributed by atoms with Gasteiger partial charge in [-0.05, 0) is 36.5 Å². The zero-order chi connectivity index (χ0) is 21.4. The fourth-order valence-corrected chi connectivity index (χ4v) is 3.20. The number of H-pyrrole nitrogens is 1. The number of nitrogens with zero attached hydrogens (tertiary/aromatic N) is 2. The van der Waals surface area contributed by atoms with Crippen LogP contribution in [-0.2, 0) is 13.1 Å². The minimum Gasteiger partial charge on any atom is -0.383 e. The van der Waals surface area contributed by atoms with Crippen LogP contribution in [0.1, 0.15) is 45.6 Å². The number of aromatic nitrogens is 2. The number of nitrogens with one attached hydrogen (secondary N) is 2. The lowest BCUT2D eigenvalue weighted by atomic mass is 10.1. The molecule has 1 aromatic carbocycles. The molecule has 2 rings (SSSR count). The maximum Gasteiger partial charge on any atom is 0.330 e. The summed E-state index contributed by atoms with van der Waals surface area (Å²) in [6.07, 6.45) is 2.52. The van der Waals surface area contributed by atoms with Crippen LogP contribution in [0.3, 0.4) is 0 Å². The molecule has 0 bridgehead atoms. The van der Waals surface area contributed by atoms with Crippen LogP contribution in [0.15, 0.2) is 39.9 Å². The standard InChI is InChI=1S/C21H31N5O2S/c1-4-5-12-26-18(22)17(19(27)24-20(26)28)25(13-11-15(2)3)21(29)23-14-16-9-7-6-8-10-16/h6-10,15H,4-5,11-14,22H2,1-3H3,(H,23,29)(H,24,27,28). The van der Waals surface area contributed by atoms with Gasteiger partial charge in [-0.1, -0.05) is 57.5 Å². The topological polar surface area (TPSA) is 96.2 Å². The molecule has 4 N–H and O–H groups in total. The number of nitrogen functional groups attached to an aromatic ring is 1. The molecule has 0 fully saturated rings. The lowest BCUT2D eigenvalue weighted by Crippen LogP contribution is -2.45. The molecule has 29 heavy (non-hydrogen) atoms. The second-order valence-corrected chi connectivity index (χ2v) is 7.86. The van der Waals surface area contributed by atoms with Gasteiger partial charge in [0.25, 0.3) is 5.56 Å². The molecule has 0 amide bonds. The maximum atomic E-state index is 12.7. The SMILES string of the molecule is CCCCn1c(N)c(N(CCC(C)C)C(=S)NCc2ccccc2)c(=O)[nH]c1=O. The monoisotopic (exact) mass is 417 g/mol. The zero-order valence-electron chi connectivity index (χ0n) is 17.4. The Bertz CT molecular complexity index is 921. The minimum atomic E-state index is -0.520. The van der Waals surface area contributed by atoms with Crippen molar-refractivity contribution in [3.05, 3.63) is 56.7 Å². The highest BCUT2D eigenvalue weighted by atomic mass is 32.1. The van der Waals surface area contributed by atoms with Crippen LogP contribution in [-0.4, -0.2) is 21.2 Å². The number of aromatic amines is 1. The van der Waals surface area contributed by atoms with Crippen LogP contribution in [0.4, 0.5) is 11.5 Å². The molecule has 0 saturated heterocycles. The van der Waals surface area contributed by atoms with E-state index in [1.165, 1.54) is 4.57 Å². The van der Waals surface area contributed by atoms with E-state index in [0.29, 0.717) is 30.7 Å². The summed E-state index contributed by atoms with van der Waals surface area (Å²) in [7, 11) is 0. The Kier molecular flexibility index (Phi) is 8.45. The summed E-state index contributed by atoms with van der Waals surface area (Å²) in [5, 5.41) is 3.62. The summed E-state index contributed by atoms with van der Waals surface area (Å²) in [6, 6.07) is 9.88. The Morgan fingerprint density at radius 3 is 2.59 bits per heavy atom. The first-order valence-corrected chi connectivity index (χ1v) is 10.5. The fourth-order valence-electron chi connectivity index (χ4n) is 2.95. The van der Waals surface area contributed by atoms with Crippen molar-refractivity contribution in [3.63, 3.8) is 0 Å². The number of benzene rings is 1. The number of unbranched alkanes of at least 4 members (excludes halogenated alkanes) is 1. The third-order valence-corrected chi connectivity index (χ3v) is 5.05. The molecule has 1 aromatic heterocycles. The molecule has 0 saturated carbocycles. The van der Waals surface area contributed by atoms with Crippen molar-refractivity contribution >= 4 is 28.8 Å². The number of hydrogen-bond acceptors (Lipinski definition) is 4. The van der Waals surface area contributed by atoms with Gasteiger partial charge in [0, 0.05) is 19.6 Å². The van der Waals surface area contributed by atoms with E-state index in [2.05, 4.69) is 24.1 Å². The van der Waals surface area contributed by atoms with Crippen molar-refractivity contribution in [3.8, 4) is 0 Å². The molecule has 0 aliphatic heterocycles. The normalized spacial score (nSPS) is 10.9. The first kappa shape index (κ1) is 22.7. The summed E-state index contributed by atoms with van der Waals surface area (Å²) < 4.78 is 1.42. The Balaban J connectivity index is 2.36. The van der Waals surface area contributed by atoms with Gasteiger partial charge in [-0.25, -0.2) is 4.79 Å². The Hall–Kier alpha value is -2.61. The molecule has 8 heteroatoms. The summed E-state index contributed by atoms with van der Waals surface area (Å²) in [5.41, 5.74) is 6.59. The number of thiocarbonyl (C=S) groups is 1. The smallest absolute Gasteiger partial charge is 0.330 e. The second kappa shape index (κ2) is 10.8. The number of nitrogens with two attached hydrogens (primary N) is 1. The first-order valence-electron chi connectivity index (χ1n) is 10.1. The van der Waals surface area contributed by atoms with Gasteiger partial charge in [0.15, 0.2) is 10.8 Å². The number of hydrogen-bond donors (Lipinski definition) is 3. The molecular formula is C21H31N5O2S. The van der Waals surface area contributed by atoms with Crippen molar-refractivity contribution in [2.75, 3.05) is 17.2 Å². The summed E-state index contributed by atoms with van der Waals surface area (Å²) in [4.78, 5) is 29.0. The molecule has 0 radical (unpaired) electrons. The lowest BCUT2D eigenvalue weighted by Gasteiger charge is -2.28. The van der Waals surface area contributed by atoms with E-state index in [0.717, 1.165) is 24.8 Å². The fraction of sp³-hybridized carbons (Fsp3) is 0.476. The Morgan fingerprint density at radius 1 is 1.28 bits per heavy atom. The molecule has 0 aliphatic rings. The summed E-state index contributed by atoms with van der Waals surface area (Å²) in [5.74, 6) is 0.570. The van der Waals surface area contributed by atoms with E-state index >= 15 is 0 Å². The highest BCUT2D eigenvalue weighted by Crippen LogP contribution is 2.19. The van der Waals surface area contributed by atoms with Crippen LogP contribution in [0.25, 0.3) is 0 Å². The van der Waals surface area contributed by atoms with E-state index in [4.69, 9.17) is 18.0 Å². The van der Waals surface area contributed by atoms with Crippen molar-refractivity contribution in [2.24, 2.45) is 5.92 Å². The van der Waals surface area contributed by atoms with Gasteiger partial charge in [-0.15, -0.1) is 0 Å². The number of rotatable bonds is 9. The van der Waals surface area contributed by atoms with Crippen LogP contribution < -0.4 is 27.2 Å². The van der Waals surface area contributed by atoms with Crippen molar-refractivity contribution in [1.82, 2.24) is 14.9 Å². The average Bonchev–Trinajstić information content (AvgIpc) is 2.69. The van der Waals surface area contributed by atoms with E-state index in [1.807, 2.05) is 37.3 Å². The third-order valence-electron chi connectivity index (χ3n) is 4.68. The number of anilines is 2. The van der Waals surface area contributed by atoms with Crippen molar-refractivity contribution < 1.29 is 0 Å². The van der Waals surface area contributed by atoms with E-state index in [-0.39, 0.29) is 11.5 Å². The molecular weight excluding hydrogens is 386 g/mol. The molecule has 0 spiro atoms. The Morgan fingerprint density at radius 2 is 1.97 bits per heavy atom. The van der Waals surface area contributed by atoms with Crippen molar-refractivity contribution in [2.45, 2.75) is 53.1 Å². The van der Waals surface area contributed by atoms with Gasteiger partial charge in [0.2, 0.25) is 0 Å². The molecule has 0 aliphatic carbocycles. The molecule has 0 atom stereocenters. The van der Waals surface area contributed by atoms with Gasteiger partial charge in [0.05, 0.1) is 0 Å². The van der Waals surface area contributed by atoms with E-state index in [1.54, 1.807) is 4.90 Å². The summed E-state index contributed by atoms with van der Waals surface area (Å²) >= 11 is 5.61. The Labute approximate surface area is 176 Å². The van der Waals surface area contributed by atoms with E-state index in [9.17, 15) is 9.59 Å². The largest absolute Gasteiger partial charge is 0.383 e. The van der Waals surface area contributed by atoms with Crippen LogP contribution in [0.2, 0.25) is 0 Å². The summed E-state index contributed by atoms with van der Waals surface area (Å²) in [6.45, 7) is 7.75. The van der Waals surface area contributed by atoms with Crippen LogP contribution in [0.5, 0.6) is 0 Å². The van der Waals surface area contributed by atoms with Crippen molar-refractivity contribution in [1.29, 1.82) is 0 Å². The van der Waals surface area contributed by atoms with Gasteiger partial charge >= 0.3 is 5.69 Å². The van der Waals surface area contributed by atoms with E-state index < -0.39 is 11.2 Å². The predicted molar refractivity (Wildman–Crippen MR) is 123 cm³/mol. The van der Waals surface area contributed by atoms with Crippen LogP contribution in [0, 0.1) is 5.92 Å². The first-order chi connectivity index (χ1) is 13.8. The van der Waals surface area contributed by atoms with Gasteiger partial charge in [-0.2, -0.15) is 0 Å². The highest BCUT2D eigenvalue weighted by molar-refractivity contribution is 7.80. The third kappa shape index (κ3) is 6.19.